The standard InChI is InChI=1S/C14H22N4S/c1-10(8-16-14(15)17-12-2-3-12)18-6-4-13-11(9-18)5-7-19-13/h5,7,10,12H,2-4,6,8-9H2,1H3,(H3,15,16,17). The van der Waals surface area contributed by atoms with Crippen LogP contribution in [0.4, 0.5) is 0 Å². The average molecular weight is 278 g/mol. The molecule has 1 saturated carbocycles. The lowest BCUT2D eigenvalue weighted by atomic mass is 10.1. The first-order chi connectivity index (χ1) is 9.22. The van der Waals surface area contributed by atoms with E-state index < -0.39 is 0 Å². The highest BCUT2D eigenvalue weighted by molar-refractivity contribution is 7.10. The van der Waals surface area contributed by atoms with Crippen molar-refractivity contribution in [2.75, 3.05) is 13.1 Å². The van der Waals surface area contributed by atoms with Crippen molar-refractivity contribution in [1.29, 1.82) is 0 Å². The lowest BCUT2D eigenvalue weighted by Gasteiger charge is -2.31. The largest absolute Gasteiger partial charge is 0.370 e. The van der Waals surface area contributed by atoms with Gasteiger partial charge in [-0.3, -0.25) is 9.89 Å². The summed E-state index contributed by atoms with van der Waals surface area (Å²) in [5.74, 6) is 0.614. The molecule has 2 heterocycles. The fourth-order valence-electron chi connectivity index (χ4n) is 2.47. The van der Waals surface area contributed by atoms with Crippen molar-refractivity contribution >= 4 is 17.3 Å². The molecule has 3 rings (SSSR count). The summed E-state index contributed by atoms with van der Waals surface area (Å²) in [7, 11) is 0. The molecule has 0 saturated heterocycles. The van der Waals surface area contributed by atoms with Crippen molar-refractivity contribution in [3.63, 3.8) is 0 Å². The second kappa shape index (κ2) is 5.51. The number of nitrogens with two attached hydrogens (primary N) is 1. The Morgan fingerprint density at radius 2 is 2.47 bits per heavy atom. The number of rotatable bonds is 4. The maximum atomic E-state index is 5.87. The topological polar surface area (TPSA) is 53.6 Å². The molecule has 4 nitrogen and oxygen atoms in total. The number of fused-ring (bicyclic) bond motifs is 1. The van der Waals surface area contributed by atoms with Crippen LogP contribution in [0, 0.1) is 0 Å². The molecule has 0 radical (unpaired) electrons. The number of nitrogens with zero attached hydrogens (tertiary/aromatic N) is 2. The SMILES string of the molecule is CC(CN=C(N)NC1CC1)N1CCc2sccc2C1. The van der Waals surface area contributed by atoms with Gasteiger partial charge in [-0.1, -0.05) is 0 Å². The van der Waals surface area contributed by atoms with E-state index in [1.807, 2.05) is 11.3 Å². The molecule has 0 amide bonds. The predicted octanol–water partition coefficient (Wildman–Crippen LogP) is 1.56. The maximum absolute atomic E-state index is 5.87. The van der Waals surface area contributed by atoms with Gasteiger partial charge in [-0.15, -0.1) is 11.3 Å². The number of thiophene rings is 1. The predicted molar refractivity (Wildman–Crippen MR) is 80.5 cm³/mol. The van der Waals surface area contributed by atoms with Gasteiger partial charge in [0.25, 0.3) is 0 Å². The van der Waals surface area contributed by atoms with Crippen molar-refractivity contribution in [2.45, 2.75) is 44.8 Å². The van der Waals surface area contributed by atoms with Crippen LogP contribution < -0.4 is 11.1 Å². The zero-order chi connectivity index (χ0) is 13.2. The number of hydrogen-bond donors (Lipinski definition) is 2. The monoisotopic (exact) mass is 278 g/mol. The minimum absolute atomic E-state index is 0.451. The smallest absolute Gasteiger partial charge is 0.188 e. The molecule has 1 aliphatic carbocycles. The van der Waals surface area contributed by atoms with Crippen molar-refractivity contribution in [3.8, 4) is 0 Å². The number of aliphatic imine (C=N–C) groups is 1. The fraction of sp³-hybridized carbons (Fsp3) is 0.643. The summed E-state index contributed by atoms with van der Waals surface area (Å²) in [6.07, 6.45) is 3.65. The molecule has 0 spiro atoms. The molecule has 1 aromatic rings. The minimum atomic E-state index is 0.451. The average Bonchev–Trinajstić information content (AvgIpc) is 3.09. The van der Waals surface area contributed by atoms with Crippen molar-refractivity contribution in [3.05, 3.63) is 21.9 Å². The van der Waals surface area contributed by atoms with Gasteiger partial charge < -0.3 is 11.1 Å². The van der Waals surface area contributed by atoms with E-state index in [-0.39, 0.29) is 0 Å². The zero-order valence-electron chi connectivity index (χ0n) is 11.4. The van der Waals surface area contributed by atoms with Crippen LogP contribution in [-0.4, -0.2) is 36.0 Å². The van der Waals surface area contributed by atoms with Gasteiger partial charge >= 0.3 is 0 Å². The normalized spacial score (nSPS) is 22.1. The first-order valence-corrected chi connectivity index (χ1v) is 7.96. The highest BCUT2D eigenvalue weighted by Crippen LogP contribution is 2.25. The van der Waals surface area contributed by atoms with Gasteiger partial charge in [-0.05, 0) is 43.2 Å². The summed E-state index contributed by atoms with van der Waals surface area (Å²) < 4.78 is 0. The van der Waals surface area contributed by atoms with E-state index in [0.717, 1.165) is 19.6 Å². The van der Waals surface area contributed by atoms with Crippen LogP contribution in [0.3, 0.4) is 0 Å². The molecule has 1 aliphatic heterocycles. The highest BCUT2D eigenvalue weighted by Gasteiger charge is 2.23. The van der Waals surface area contributed by atoms with E-state index in [1.165, 1.54) is 24.8 Å². The summed E-state index contributed by atoms with van der Waals surface area (Å²) in [4.78, 5) is 8.53. The maximum Gasteiger partial charge on any atom is 0.188 e. The van der Waals surface area contributed by atoms with Crippen molar-refractivity contribution in [1.82, 2.24) is 10.2 Å². The van der Waals surface area contributed by atoms with Crippen molar-refractivity contribution < 1.29 is 0 Å². The van der Waals surface area contributed by atoms with Crippen LogP contribution in [0.15, 0.2) is 16.4 Å². The fourth-order valence-corrected chi connectivity index (χ4v) is 3.36. The van der Waals surface area contributed by atoms with Crippen LogP contribution in [-0.2, 0) is 13.0 Å². The van der Waals surface area contributed by atoms with Gasteiger partial charge in [0.1, 0.15) is 0 Å². The lowest BCUT2D eigenvalue weighted by molar-refractivity contribution is 0.197. The first kappa shape index (κ1) is 12.9. The zero-order valence-corrected chi connectivity index (χ0v) is 12.2. The summed E-state index contributed by atoms with van der Waals surface area (Å²) in [5.41, 5.74) is 7.37. The Morgan fingerprint density at radius 3 is 3.26 bits per heavy atom. The Balaban J connectivity index is 1.51. The molecule has 0 aromatic carbocycles. The third kappa shape index (κ3) is 3.28. The molecular formula is C14H22N4S. The lowest BCUT2D eigenvalue weighted by Crippen LogP contribution is -2.40. The van der Waals surface area contributed by atoms with Gasteiger partial charge in [-0.2, -0.15) is 0 Å². The Bertz CT molecular complexity index is 464. The van der Waals surface area contributed by atoms with E-state index in [1.54, 1.807) is 4.88 Å². The molecule has 19 heavy (non-hydrogen) atoms. The van der Waals surface area contributed by atoms with Gasteiger partial charge in [0.2, 0.25) is 0 Å². The molecule has 0 bridgehead atoms. The molecule has 1 unspecified atom stereocenters. The third-order valence-corrected chi connectivity index (χ3v) is 4.94. The van der Waals surface area contributed by atoms with E-state index in [9.17, 15) is 0 Å². The molecule has 5 heteroatoms. The van der Waals surface area contributed by atoms with Gasteiger partial charge in [0.15, 0.2) is 5.96 Å². The number of nitrogens with one attached hydrogen (secondary N) is 1. The molecule has 2 aliphatic rings. The Kier molecular flexibility index (Phi) is 3.75. The van der Waals surface area contributed by atoms with E-state index in [0.29, 0.717) is 18.0 Å². The summed E-state index contributed by atoms with van der Waals surface area (Å²) in [6.45, 7) is 5.22. The number of guanidine groups is 1. The molecule has 1 fully saturated rings. The molecule has 1 atom stereocenters. The van der Waals surface area contributed by atoms with Crippen LogP contribution >= 0.6 is 11.3 Å². The van der Waals surface area contributed by atoms with E-state index in [4.69, 9.17) is 5.73 Å². The molecule has 1 aromatic heterocycles. The van der Waals surface area contributed by atoms with Crippen LogP contribution in [0.1, 0.15) is 30.2 Å². The number of hydrogen-bond acceptors (Lipinski definition) is 3. The minimum Gasteiger partial charge on any atom is -0.370 e. The van der Waals surface area contributed by atoms with Crippen molar-refractivity contribution in [2.24, 2.45) is 10.7 Å². The Morgan fingerprint density at radius 1 is 1.63 bits per heavy atom. The van der Waals surface area contributed by atoms with E-state index >= 15 is 0 Å². The van der Waals surface area contributed by atoms with Crippen LogP contribution in [0.5, 0.6) is 0 Å². The Labute approximate surface area is 118 Å². The van der Waals surface area contributed by atoms with Gasteiger partial charge in [0, 0.05) is 30.1 Å². The third-order valence-electron chi connectivity index (χ3n) is 3.92. The molecule has 3 N–H and O–H groups in total. The van der Waals surface area contributed by atoms with Gasteiger partial charge in [0.05, 0.1) is 6.54 Å². The quantitative estimate of drug-likeness (QED) is 0.649. The molecular weight excluding hydrogens is 256 g/mol. The summed E-state index contributed by atoms with van der Waals surface area (Å²) >= 11 is 1.89. The first-order valence-electron chi connectivity index (χ1n) is 7.08. The summed E-state index contributed by atoms with van der Waals surface area (Å²) in [5, 5.41) is 5.44. The molecule has 104 valence electrons. The second-order valence-corrected chi connectivity index (χ2v) is 6.58. The highest BCUT2D eigenvalue weighted by atomic mass is 32.1. The van der Waals surface area contributed by atoms with E-state index in [2.05, 4.69) is 33.6 Å². The summed E-state index contributed by atoms with van der Waals surface area (Å²) in [6, 6.07) is 3.29. The van der Waals surface area contributed by atoms with Crippen LogP contribution in [0.25, 0.3) is 0 Å². The Hall–Kier alpha value is -1.07. The second-order valence-electron chi connectivity index (χ2n) is 5.58. The van der Waals surface area contributed by atoms with Crippen LogP contribution in [0.2, 0.25) is 0 Å². The van der Waals surface area contributed by atoms with Gasteiger partial charge in [-0.25, -0.2) is 0 Å².